The predicted molar refractivity (Wildman–Crippen MR) is 112 cm³/mol. The maximum absolute atomic E-state index is 12.7. The van der Waals surface area contributed by atoms with Crippen LogP contribution in [0.2, 0.25) is 0 Å². The summed E-state index contributed by atoms with van der Waals surface area (Å²) in [5.74, 6) is -0.653. The number of hydrogen-bond acceptors (Lipinski definition) is 5. The third-order valence-electron chi connectivity index (χ3n) is 5.03. The van der Waals surface area contributed by atoms with Crippen LogP contribution < -0.4 is 0 Å². The lowest BCUT2D eigenvalue weighted by atomic mass is 10.1. The van der Waals surface area contributed by atoms with Gasteiger partial charge in [-0.15, -0.1) is 0 Å². The number of aromatic nitrogens is 1. The van der Waals surface area contributed by atoms with Gasteiger partial charge in [0.05, 0.1) is 25.4 Å². The smallest absolute Gasteiger partial charge is 0.338 e. The molecule has 1 aliphatic heterocycles. The van der Waals surface area contributed by atoms with Crippen LogP contribution in [0.5, 0.6) is 0 Å². The number of aryl methyl sites for hydroxylation is 1. The Morgan fingerprint density at radius 1 is 1.23 bits per heavy atom. The minimum atomic E-state index is -0.371. The average molecular weight is 407 g/mol. The average Bonchev–Trinajstić information content (AvgIpc) is 3.05. The van der Waals surface area contributed by atoms with Crippen molar-refractivity contribution in [2.24, 2.45) is 0 Å². The Labute approximate surface area is 176 Å². The summed E-state index contributed by atoms with van der Waals surface area (Å²) in [6.45, 7) is 7.88. The molecule has 1 saturated heterocycles. The van der Waals surface area contributed by atoms with Crippen molar-refractivity contribution in [2.45, 2.75) is 20.8 Å². The van der Waals surface area contributed by atoms with Gasteiger partial charge in [-0.1, -0.05) is 6.07 Å². The van der Waals surface area contributed by atoms with Gasteiger partial charge in [0, 0.05) is 30.2 Å². The summed E-state index contributed by atoms with van der Waals surface area (Å²) in [6.07, 6.45) is 1.63. The molecule has 3 rings (SSSR count). The number of ether oxygens (including phenoxy) is 2. The molecule has 2 heterocycles. The van der Waals surface area contributed by atoms with Gasteiger partial charge >= 0.3 is 5.97 Å². The summed E-state index contributed by atoms with van der Waals surface area (Å²) in [4.78, 5) is 26.4. The molecule has 1 amide bonds. The molecule has 0 spiro atoms. The van der Waals surface area contributed by atoms with Crippen LogP contribution in [0.3, 0.4) is 0 Å². The number of nitriles is 1. The van der Waals surface area contributed by atoms with Crippen molar-refractivity contribution in [3.63, 3.8) is 0 Å². The Kier molecular flexibility index (Phi) is 6.70. The predicted octanol–water partition coefficient (Wildman–Crippen LogP) is 3.04. The van der Waals surface area contributed by atoms with Gasteiger partial charge in [-0.2, -0.15) is 5.26 Å². The van der Waals surface area contributed by atoms with E-state index in [-0.39, 0.29) is 17.4 Å². The van der Waals surface area contributed by atoms with E-state index in [1.165, 1.54) is 0 Å². The Balaban J connectivity index is 1.95. The number of rotatable bonds is 5. The van der Waals surface area contributed by atoms with Crippen molar-refractivity contribution in [3.8, 4) is 11.8 Å². The van der Waals surface area contributed by atoms with Crippen LogP contribution in [0.4, 0.5) is 0 Å². The zero-order chi connectivity index (χ0) is 21.7. The number of morpholine rings is 1. The second kappa shape index (κ2) is 9.42. The van der Waals surface area contributed by atoms with E-state index in [0.29, 0.717) is 38.5 Å². The van der Waals surface area contributed by atoms with E-state index < -0.39 is 0 Å². The summed E-state index contributed by atoms with van der Waals surface area (Å²) in [7, 11) is 0. The molecule has 7 heteroatoms. The lowest BCUT2D eigenvalue weighted by molar-refractivity contribution is -0.130. The summed E-state index contributed by atoms with van der Waals surface area (Å²) >= 11 is 0. The summed E-state index contributed by atoms with van der Waals surface area (Å²) in [5.41, 5.74) is 3.96. The number of nitrogens with zero attached hydrogens (tertiary/aromatic N) is 3. The number of esters is 1. The largest absolute Gasteiger partial charge is 0.462 e. The van der Waals surface area contributed by atoms with Crippen molar-refractivity contribution < 1.29 is 19.1 Å². The van der Waals surface area contributed by atoms with Gasteiger partial charge in [0.25, 0.3) is 5.91 Å². The minimum absolute atomic E-state index is 0.0948. The van der Waals surface area contributed by atoms with E-state index in [4.69, 9.17) is 9.47 Å². The Morgan fingerprint density at radius 2 is 1.97 bits per heavy atom. The maximum atomic E-state index is 12.7. The monoisotopic (exact) mass is 407 g/mol. The first-order chi connectivity index (χ1) is 14.5. The summed E-state index contributed by atoms with van der Waals surface area (Å²) < 4.78 is 12.4. The molecule has 0 bridgehead atoms. The van der Waals surface area contributed by atoms with Crippen LogP contribution in [0.1, 0.15) is 34.2 Å². The lowest BCUT2D eigenvalue weighted by Gasteiger charge is -2.26. The molecule has 0 aliphatic carbocycles. The zero-order valence-electron chi connectivity index (χ0n) is 17.5. The Hall–Kier alpha value is -3.37. The van der Waals surface area contributed by atoms with E-state index in [2.05, 4.69) is 0 Å². The molecule has 0 saturated carbocycles. The fourth-order valence-corrected chi connectivity index (χ4v) is 3.55. The molecular formula is C23H25N3O4. The van der Waals surface area contributed by atoms with Crippen molar-refractivity contribution >= 4 is 18.0 Å². The first-order valence-electron chi connectivity index (χ1n) is 9.91. The SMILES string of the molecule is CCOC(=O)c1cccc(-n2c(C)cc(/C=C(/C#N)C(=O)N3CCOCC3)c2C)c1. The Bertz CT molecular complexity index is 1020. The third kappa shape index (κ3) is 4.44. The van der Waals surface area contributed by atoms with Crippen LogP contribution in [-0.4, -0.2) is 54.3 Å². The number of amides is 1. The van der Waals surface area contributed by atoms with E-state index >= 15 is 0 Å². The highest BCUT2D eigenvalue weighted by Crippen LogP contribution is 2.24. The maximum Gasteiger partial charge on any atom is 0.338 e. The van der Waals surface area contributed by atoms with Crippen molar-refractivity contribution in [1.82, 2.24) is 9.47 Å². The second-order valence-electron chi connectivity index (χ2n) is 7.01. The van der Waals surface area contributed by atoms with Gasteiger partial charge < -0.3 is 18.9 Å². The third-order valence-corrected chi connectivity index (χ3v) is 5.03. The fourth-order valence-electron chi connectivity index (χ4n) is 3.55. The molecule has 0 radical (unpaired) electrons. The first-order valence-corrected chi connectivity index (χ1v) is 9.91. The number of benzene rings is 1. The van der Waals surface area contributed by atoms with Crippen molar-refractivity contribution in [2.75, 3.05) is 32.9 Å². The molecule has 0 unspecified atom stereocenters. The molecule has 156 valence electrons. The van der Waals surface area contributed by atoms with Gasteiger partial charge in [0.15, 0.2) is 0 Å². The van der Waals surface area contributed by atoms with Crippen LogP contribution in [0, 0.1) is 25.2 Å². The highest BCUT2D eigenvalue weighted by atomic mass is 16.5. The second-order valence-corrected chi connectivity index (χ2v) is 7.01. The van der Waals surface area contributed by atoms with Gasteiger partial charge in [-0.3, -0.25) is 4.79 Å². The molecule has 0 atom stereocenters. The number of carbonyl (C=O) groups is 2. The zero-order valence-corrected chi connectivity index (χ0v) is 17.5. The van der Waals surface area contributed by atoms with E-state index in [0.717, 1.165) is 22.6 Å². The topological polar surface area (TPSA) is 84.6 Å². The minimum Gasteiger partial charge on any atom is -0.462 e. The molecule has 7 nitrogen and oxygen atoms in total. The molecular weight excluding hydrogens is 382 g/mol. The van der Waals surface area contributed by atoms with Gasteiger partial charge in [-0.05, 0) is 56.7 Å². The van der Waals surface area contributed by atoms with Gasteiger partial charge in [-0.25, -0.2) is 4.79 Å². The first kappa shape index (κ1) is 21.3. The van der Waals surface area contributed by atoms with Crippen molar-refractivity contribution in [3.05, 3.63) is 58.4 Å². The summed E-state index contributed by atoms with van der Waals surface area (Å²) in [5, 5.41) is 9.57. The van der Waals surface area contributed by atoms with E-state index in [1.807, 2.05) is 36.6 Å². The highest BCUT2D eigenvalue weighted by molar-refractivity contribution is 6.02. The molecule has 1 aromatic carbocycles. The van der Waals surface area contributed by atoms with Gasteiger partial charge in [0.2, 0.25) is 0 Å². The normalized spacial score (nSPS) is 14.3. The van der Waals surface area contributed by atoms with Crippen LogP contribution >= 0.6 is 0 Å². The highest BCUT2D eigenvalue weighted by Gasteiger charge is 2.21. The van der Waals surface area contributed by atoms with Crippen LogP contribution in [0.25, 0.3) is 11.8 Å². The standard InChI is InChI=1S/C23H25N3O4/c1-4-30-23(28)18-6-5-7-21(14-18)26-16(2)12-19(17(26)3)13-20(15-24)22(27)25-8-10-29-11-9-25/h5-7,12-14H,4,8-11H2,1-3H3/b20-13-. The number of carbonyl (C=O) groups excluding carboxylic acids is 2. The molecule has 30 heavy (non-hydrogen) atoms. The fraction of sp³-hybridized carbons (Fsp3) is 0.348. The Morgan fingerprint density at radius 3 is 2.63 bits per heavy atom. The molecule has 0 N–H and O–H groups in total. The lowest BCUT2D eigenvalue weighted by Crippen LogP contribution is -2.41. The molecule has 1 fully saturated rings. The van der Waals surface area contributed by atoms with Crippen LogP contribution in [0.15, 0.2) is 35.9 Å². The van der Waals surface area contributed by atoms with E-state index in [1.54, 1.807) is 36.1 Å². The molecule has 1 aliphatic rings. The molecule has 2 aromatic rings. The van der Waals surface area contributed by atoms with E-state index in [9.17, 15) is 14.9 Å². The van der Waals surface area contributed by atoms with Crippen molar-refractivity contribution in [1.29, 1.82) is 5.26 Å². The quantitative estimate of drug-likeness (QED) is 0.432. The summed E-state index contributed by atoms with van der Waals surface area (Å²) in [6, 6.07) is 11.2. The number of hydrogen-bond donors (Lipinski definition) is 0. The van der Waals surface area contributed by atoms with Gasteiger partial charge in [0.1, 0.15) is 11.6 Å². The molecule has 1 aromatic heterocycles. The van der Waals surface area contributed by atoms with Crippen LogP contribution in [-0.2, 0) is 14.3 Å².